The first-order valence-corrected chi connectivity index (χ1v) is 7.46. The molecule has 0 spiro atoms. The van der Waals surface area contributed by atoms with Crippen molar-refractivity contribution >= 4 is 11.8 Å². The van der Waals surface area contributed by atoms with Crippen molar-refractivity contribution in [3.8, 4) is 0 Å². The lowest BCUT2D eigenvalue weighted by atomic mass is 10.2. The Balaban J connectivity index is 1.67. The maximum Gasteiger partial charge on any atom is 0.123 e. The predicted octanol–water partition coefficient (Wildman–Crippen LogP) is 4.48. The van der Waals surface area contributed by atoms with Crippen molar-refractivity contribution in [1.29, 1.82) is 0 Å². The van der Waals surface area contributed by atoms with Gasteiger partial charge in [-0.15, -0.1) is 0 Å². The number of aryl methyl sites for hydroxylation is 2. The van der Waals surface area contributed by atoms with E-state index in [9.17, 15) is 8.78 Å². The molecule has 3 heteroatoms. The largest absolute Gasteiger partial charge is 0.207 e. The molecule has 19 heavy (non-hydrogen) atoms. The highest BCUT2D eigenvalue weighted by atomic mass is 32.2. The first-order chi connectivity index (χ1) is 9.24. The van der Waals surface area contributed by atoms with Gasteiger partial charge in [0, 0.05) is 0 Å². The third kappa shape index (κ3) is 5.03. The monoisotopic (exact) mass is 278 g/mol. The second-order valence-electron chi connectivity index (χ2n) is 4.37. The Kier molecular flexibility index (Phi) is 5.40. The van der Waals surface area contributed by atoms with Crippen LogP contribution in [-0.2, 0) is 12.8 Å². The minimum Gasteiger partial charge on any atom is -0.207 e. The molecule has 0 radical (unpaired) electrons. The third-order valence-corrected chi connectivity index (χ3v) is 3.83. The van der Waals surface area contributed by atoms with Crippen LogP contribution < -0.4 is 0 Å². The van der Waals surface area contributed by atoms with Gasteiger partial charge >= 0.3 is 0 Å². The van der Waals surface area contributed by atoms with Gasteiger partial charge in [-0.25, -0.2) is 8.78 Å². The van der Waals surface area contributed by atoms with E-state index in [2.05, 4.69) is 0 Å². The van der Waals surface area contributed by atoms with Gasteiger partial charge in [-0.3, -0.25) is 0 Å². The molecule has 0 aliphatic heterocycles. The van der Waals surface area contributed by atoms with Crippen LogP contribution in [0.2, 0.25) is 0 Å². The summed E-state index contributed by atoms with van der Waals surface area (Å²) >= 11 is 1.81. The Bertz CT molecular complexity index is 478. The molecule has 0 saturated heterocycles. The Morgan fingerprint density at radius 2 is 1.21 bits per heavy atom. The molecule has 0 nitrogen and oxygen atoms in total. The molecular formula is C16H16F2S. The van der Waals surface area contributed by atoms with Gasteiger partial charge in [0.2, 0.25) is 0 Å². The molecule has 0 amide bonds. The summed E-state index contributed by atoms with van der Waals surface area (Å²) in [5.74, 6) is 1.56. The Labute approximate surface area is 116 Å². The Hall–Kier alpha value is -1.35. The molecule has 0 fully saturated rings. The van der Waals surface area contributed by atoms with Gasteiger partial charge in [0.05, 0.1) is 0 Å². The summed E-state index contributed by atoms with van der Waals surface area (Å²) in [5.41, 5.74) is 2.05. The summed E-state index contributed by atoms with van der Waals surface area (Å²) in [6, 6.07) is 13.4. The number of halogens is 2. The maximum absolute atomic E-state index is 13.0. The first kappa shape index (κ1) is 14.1. The van der Waals surface area contributed by atoms with E-state index in [1.165, 1.54) is 12.1 Å². The van der Waals surface area contributed by atoms with Gasteiger partial charge in [-0.05, 0) is 59.7 Å². The van der Waals surface area contributed by atoms with E-state index >= 15 is 0 Å². The minimum atomic E-state index is -0.178. The van der Waals surface area contributed by atoms with Crippen molar-refractivity contribution in [2.24, 2.45) is 0 Å². The zero-order valence-corrected chi connectivity index (χ0v) is 11.4. The molecule has 0 saturated carbocycles. The van der Waals surface area contributed by atoms with Crippen molar-refractivity contribution < 1.29 is 8.78 Å². The molecule has 2 rings (SSSR count). The van der Waals surface area contributed by atoms with Crippen LogP contribution in [0.5, 0.6) is 0 Å². The van der Waals surface area contributed by atoms with E-state index in [0.29, 0.717) is 0 Å². The lowest BCUT2D eigenvalue weighted by Gasteiger charge is -2.03. The van der Waals surface area contributed by atoms with E-state index in [-0.39, 0.29) is 11.6 Å². The normalized spacial score (nSPS) is 10.6. The van der Waals surface area contributed by atoms with Crippen LogP contribution >= 0.6 is 11.8 Å². The predicted molar refractivity (Wildman–Crippen MR) is 77.5 cm³/mol. The van der Waals surface area contributed by atoms with Gasteiger partial charge in [-0.1, -0.05) is 24.3 Å². The summed E-state index contributed by atoms with van der Waals surface area (Å²) in [4.78, 5) is 0. The average molecular weight is 278 g/mol. The summed E-state index contributed by atoms with van der Waals surface area (Å²) in [6.07, 6.45) is 1.73. The zero-order chi connectivity index (χ0) is 13.5. The fraction of sp³-hybridized carbons (Fsp3) is 0.250. The van der Waals surface area contributed by atoms with Crippen LogP contribution in [0.15, 0.2) is 48.5 Å². The number of thioether (sulfide) groups is 1. The summed E-state index contributed by atoms with van der Waals surface area (Å²) in [7, 11) is 0. The highest BCUT2D eigenvalue weighted by Gasteiger charge is 1.98. The van der Waals surface area contributed by atoms with E-state index in [4.69, 9.17) is 0 Å². The zero-order valence-electron chi connectivity index (χ0n) is 10.6. The second-order valence-corrected chi connectivity index (χ2v) is 5.60. The lowest BCUT2D eigenvalue weighted by Crippen LogP contribution is -1.94. The number of hydrogen-bond acceptors (Lipinski definition) is 1. The molecule has 0 unspecified atom stereocenters. The average Bonchev–Trinajstić information content (AvgIpc) is 2.38. The van der Waals surface area contributed by atoms with Crippen LogP contribution in [0.25, 0.3) is 0 Å². The van der Waals surface area contributed by atoms with Gasteiger partial charge in [0.25, 0.3) is 0 Å². The molecule has 2 aromatic carbocycles. The van der Waals surface area contributed by atoms with Gasteiger partial charge in [-0.2, -0.15) is 11.8 Å². The maximum atomic E-state index is 13.0. The molecule has 0 aliphatic rings. The van der Waals surface area contributed by atoms with Gasteiger partial charge < -0.3 is 0 Å². The lowest BCUT2D eigenvalue weighted by molar-refractivity contribution is 0.625. The van der Waals surface area contributed by atoms with Crippen molar-refractivity contribution in [1.82, 2.24) is 0 Å². The summed E-state index contributed by atoms with van der Waals surface area (Å²) < 4.78 is 25.9. The van der Waals surface area contributed by atoms with Crippen molar-refractivity contribution in [3.63, 3.8) is 0 Å². The number of rotatable bonds is 6. The Morgan fingerprint density at radius 3 is 1.63 bits per heavy atom. The second kappa shape index (κ2) is 7.29. The molecule has 0 N–H and O–H groups in total. The van der Waals surface area contributed by atoms with E-state index in [1.807, 2.05) is 23.9 Å². The quantitative estimate of drug-likeness (QED) is 0.702. The van der Waals surface area contributed by atoms with Crippen LogP contribution in [-0.4, -0.2) is 11.5 Å². The highest BCUT2D eigenvalue weighted by Crippen LogP contribution is 2.12. The van der Waals surface area contributed by atoms with Gasteiger partial charge in [0.15, 0.2) is 0 Å². The molecule has 0 bridgehead atoms. The Morgan fingerprint density at radius 1 is 0.737 bits per heavy atom. The first-order valence-electron chi connectivity index (χ1n) is 6.31. The van der Waals surface area contributed by atoms with Crippen LogP contribution in [0, 0.1) is 11.6 Å². The topological polar surface area (TPSA) is 0 Å². The molecule has 100 valence electrons. The molecule has 0 atom stereocenters. The molecule has 0 heterocycles. The van der Waals surface area contributed by atoms with E-state index in [1.54, 1.807) is 24.3 Å². The van der Waals surface area contributed by atoms with Crippen molar-refractivity contribution in [2.75, 3.05) is 11.5 Å². The van der Waals surface area contributed by atoms with Crippen molar-refractivity contribution in [2.45, 2.75) is 12.8 Å². The fourth-order valence-corrected chi connectivity index (χ4v) is 2.83. The van der Waals surface area contributed by atoms with Crippen LogP contribution in [0.1, 0.15) is 11.1 Å². The molecular weight excluding hydrogens is 262 g/mol. The fourth-order valence-electron chi connectivity index (χ4n) is 1.87. The summed E-state index contributed by atoms with van der Waals surface area (Å²) in [6.45, 7) is 0. The molecule has 0 aromatic heterocycles. The van der Waals surface area contributed by atoms with Crippen LogP contribution in [0.3, 0.4) is 0 Å². The van der Waals surface area contributed by atoms with Crippen molar-refractivity contribution in [3.05, 3.63) is 71.3 Å². The summed E-state index contributed by atoms with van der Waals surface area (Å²) in [5, 5.41) is 0. The standard InChI is InChI=1S/C16H16F2S/c17-15-5-1-3-13(11-15)7-9-19-10-8-14-4-2-6-16(18)12-14/h1-6,11-12H,7-10H2. The van der Waals surface area contributed by atoms with E-state index in [0.717, 1.165) is 35.5 Å². The van der Waals surface area contributed by atoms with Gasteiger partial charge in [0.1, 0.15) is 11.6 Å². The highest BCUT2D eigenvalue weighted by molar-refractivity contribution is 7.99. The van der Waals surface area contributed by atoms with E-state index < -0.39 is 0 Å². The smallest absolute Gasteiger partial charge is 0.123 e. The molecule has 0 aliphatic carbocycles. The molecule has 2 aromatic rings. The number of hydrogen-bond donors (Lipinski definition) is 0. The number of benzene rings is 2. The SMILES string of the molecule is Fc1cccc(CCSCCc2cccc(F)c2)c1. The van der Waals surface area contributed by atoms with Crippen LogP contribution in [0.4, 0.5) is 8.78 Å². The third-order valence-electron chi connectivity index (χ3n) is 2.85. The minimum absolute atomic E-state index is 0.178.